The van der Waals surface area contributed by atoms with Gasteiger partial charge in [0, 0.05) is 30.1 Å². The Morgan fingerprint density at radius 3 is 2.37 bits per heavy atom. The zero-order chi connectivity index (χ0) is 21.5. The van der Waals surface area contributed by atoms with E-state index in [-0.39, 0.29) is 11.6 Å². The SMILES string of the molecule is COc1cc(OC)c(SNC(=O)c2ccc(Cn3cccn3)c(OC)n2)c(OC)c1. The number of carbonyl (C=O) groups excluding carboxylic acids is 1. The Morgan fingerprint density at radius 2 is 1.80 bits per heavy atom. The van der Waals surface area contributed by atoms with E-state index >= 15 is 0 Å². The van der Waals surface area contributed by atoms with Crippen molar-refractivity contribution in [2.24, 2.45) is 0 Å². The second-order valence-corrected chi connectivity index (χ2v) is 6.78. The second-order valence-electron chi connectivity index (χ2n) is 5.96. The molecule has 2 aromatic heterocycles. The minimum absolute atomic E-state index is 0.218. The van der Waals surface area contributed by atoms with Gasteiger partial charge in [0.05, 0.1) is 35.0 Å². The Morgan fingerprint density at radius 1 is 1.07 bits per heavy atom. The van der Waals surface area contributed by atoms with Gasteiger partial charge in [-0.05, 0) is 30.1 Å². The van der Waals surface area contributed by atoms with E-state index in [0.717, 1.165) is 17.5 Å². The Bertz CT molecular complexity index is 985. The molecule has 9 nitrogen and oxygen atoms in total. The first-order valence-corrected chi connectivity index (χ1v) is 9.69. The zero-order valence-corrected chi connectivity index (χ0v) is 17.9. The van der Waals surface area contributed by atoms with Crippen molar-refractivity contribution >= 4 is 17.9 Å². The molecule has 2 heterocycles. The molecule has 0 radical (unpaired) electrons. The summed E-state index contributed by atoms with van der Waals surface area (Å²) >= 11 is 1.07. The molecule has 0 atom stereocenters. The van der Waals surface area contributed by atoms with Crippen molar-refractivity contribution in [1.29, 1.82) is 0 Å². The number of rotatable bonds is 9. The first kappa shape index (κ1) is 21.3. The van der Waals surface area contributed by atoms with Crippen LogP contribution in [0, 0.1) is 0 Å². The molecule has 3 rings (SSSR count). The molecule has 0 saturated heterocycles. The average Bonchev–Trinajstić information content (AvgIpc) is 3.30. The van der Waals surface area contributed by atoms with Gasteiger partial charge in [0.15, 0.2) is 0 Å². The molecule has 10 heteroatoms. The van der Waals surface area contributed by atoms with Gasteiger partial charge in [-0.1, -0.05) is 0 Å². The highest BCUT2D eigenvalue weighted by Crippen LogP contribution is 2.40. The third-order valence-corrected chi connectivity index (χ3v) is 5.07. The van der Waals surface area contributed by atoms with Crippen LogP contribution in [0.25, 0.3) is 0 Å². The molecule has 1 amide bonds. The number of amides is 1. The van der Waals surface area contributed by atoms with Crippen molar-refractivity contribution in [3.05, 3.63) is 54.0 Å². The summed E-state index contributed by atoms with van der Waals surface area (Å²) in [6.07, 6.45) is 3.53. The lowest BCUT2D eigenvalue weighted by Gasteiger charge is -2.15. The number of carbonyl (C=O) groups is 1. The van der Waals surface area contributed by atoms with E-state index in [1.807, 2.05) is 12.3 Å². The molecule has 0 fully saturated rings. The molecule has 0 saturated carbocycles. The van der Waals surface area contributed by atoms with Gasteiger partial charge in [-0.2, -0.15) is 5.10 Å². The summed E-state index contributed by atoms with van der Waals surface area (Å²) in [4.78, 5) is 17.6. The molecule has 0 aliphatic rings. The van der Waals surface area contributed by atoms with Crippen LogP contribution >= 0.6 is 11.9 Å². The van der Waals surface area contributed by atoms with E-state index in [4.69, 9.17) is 18.9 Å². The highest BCUT2D eigenvalue weighted by molar-refractivity contribution is 7.98. The van der Waals surface area contributed by atoms with Gasteiger partial charge in [-0.25, -0.2) is 4.98 Å². The second kappa shape index (κ2) is 9.88. The minimum atomic E-state index is -0.385. The lowest BCUT2D eigenvalue weighted by molar-refractivity contribution is 0.0978. The molecule has 0 aliphatic carbocycles. The van der Waals surface area contributed by atoms with Gasteiger partial charge >= 0.3 is 0 Å². The van der Waals surface area contributed by atoms with Crippen LogP contribution in [0.1, 0.15) is 16.1 Å². The van der Waals surface area contributed by atoms with Crippen LogP contribution in [0.3, 0.4) is 0 Å². The maximum atomic E-state index is 12.7. The lowest BCUT2D eigenvalue weighted by atomic mass is 10.2. The molecule has 1 N–H and O–H groups in total. The quantitative estimate of drug-likeness (QED) is 0.518. The third-order valence-electron chi connectivity index (χ3n) is 4.17. The van der Waals surface area contributed by atoms with E-state index in [1.54, 1.807) is 42.3 Å². The Kier molecular flexibility index (Phi) is 7.02. The average molecular weight is 430 g/mol. The van der Waals surface area contributed by atoms with Crippen LogP contribution in [-0.2, 0) is 6.54 Å². The van der Waals surface area contributed by atoms with Crippen LogP contribution in [0.15, 0.2) is 47.6 Å². The van der Waals surface area contributed by atoms with Crippen LogP contribution in [0.5, 0.6) is 23.1 Å². The van der Waals surface area contributed by atoms with E-state index < -0.39 is 0 Å². The summed E-state index contributed by atoms with van der Waals surface area (Å²) < 4.78 is 25.9. The Labute approximate surface area is 178 Å². The van der Waals surface area contributed by atoms with Crippen LogP contribution in [0.4, 0.5) is 0 Å². The summed E-state index contributed by atoms with van der Waals surface area (Å²) in [6, 6.07) is 8.69. The van der Waals surface area contributed by atoms with Crippen molar-refractivity contribution in [3.63, 3.8) is 0 Å². The number of nitrogens with one attached hydrogen (secondary N) is 1. The van der Waals surface area contributed by atoms with Gasteiger partial charge < -0.3 is 18.9 Å². The number of benzene rings is 1. The highest BCUT2D eigenvalue weighted by atomic mass is 32.2. The zero-order valence-electron chi connectivity index (χ0n) is 17.0. The normalized spacial score (nSPS) is 10.4. The topological polar surface area (TPSA) is 96.7 Å². The van der Waals surface area contributed by atoms with Crippen molar-refractivity contribution in [1.82, 2.24) is 19.5 Å². The van der Waals surface area contributed by atoms with Crippen molar-refractivity contribution in [2.45, 2.75) is 11.4 Å². The summed E-state index contributed by atoms with van der Waals surface area (Å²) in [7, 11) is 6.13. The molecule has 158 valence electrons. The maximum absolute atomic E-state index is 12.7. The van der Waals surface area contributed by atoms with Crippen molar-refractivity contribution in [3.8, 4) is 23.1 Å². The van der Waals surface area contributed by atoms with Crippen LogP contribution in [0.2, 0.25) is 0 Å². The fraction of sp³-hybridized carbons (Fsp3) is 0.250. The maximum Gasteiger partial charge on any atom is 0.280 e. The Hall–Kier alpha value is -3.40. The number of nitrogens with zero attached hydrogens (tertiary/aromatic N) is 3. The van der Waals surface area contributed by atoms with Gasteiger partial charge in [0.2, 0.25) is 5.88 Å². The molecule has 0 aliphatic heterocycles. The molecule has 0 bridgehead atoms. The lowest BCUT2D eigenvalue weighted by Crippen LogP contribution is -2.18. The van der Waals surface area contributed by atoms with Gasteiger partial charge in [-0.3, -0.25) is 14.2 Å². The Balaban J connectivity index is 1.76. The molecule has 30 heavy (non-hydrogen) atoms. The van der Waals surface area contributed by atoms with Crippen LogP contribution in [-0.4, -0.2) is 49.1 Å². The molecule has 1 aromatic carbocycles. The number of hydrogen-bond donors (Lipinski definition) is 1. The van der Waals surface area contributed by atoms with Gasteiger partial charge in [-0.15, -0.1) is 0 Å². The molecule has 0 spiro atoms. The summed E-state index contributed by atoms with van der Waals surface area (Å²) in [5.74, 6) is 1.58. The van der Waals surface area contributed by atoms with Gasteiger partial charge in [0.25, 0.3) is 5.91 Å². The molecular weight excluding hydrogens is 408 g/mol. The first-order chi connectivity index (χ1) is 14.6. The number of hydrogen-bond acceptors (Lipinski definition) is 8. The number of ether oxygens (including phenoxy) is 4. The smallest absolute Gasteiger partial charge is 0.280 e. The molecular formula is C20H22N4O5S. The molecule has 0 unspecified atom stereocenters. The predicted octanol–water partition coefficient (Wildman–Crippen LogP) is 2.80. The van der Waals surface area contributed by atoms with E-state index in [2.05, 4.69) is 14.8 Å². The fourth-order valence-corrected chi connectivity index (χ4v) is 3.47. The highest BCUT2D eigenvalue weighted by Gasteiger charge is 2.18. The number of pyridine rings is 1. The predicted molar refractivity (Wildman–Crippen MR) is 112 cm³/mol. The number of methoxy groups -OCH3 is 4. The third kappa shape index (κ3) is 4.77. The van der Waals surface area contributed by atoms with Gasteiger partial charge in [0.1, 0.15) is 27.8 Å². The van der Waals surface area contributed by atoms with E-state index in [9.17, 15) is 4.79 Å². The summed E-state index contributed by atoms with van der Waals surface area (Å²) in [6.45, 7) is 0.486. The largest absolute Gasteiger partial charge is 0.496 e. The minimum Gasteiger partial charge on any atom is -0.496 e. The van der Waals surface area contributed by atoms with Crippen molar-refractivity contribution < 1.29 is 23.7 Å². The number of aromatic nitrogens is 3. The molecule has 3 aromatic rings. The van der Waals surface area contributed by atoms with Crippen molar-refractivity contribution in [2.75, 3.05) is 28.4 Å². The van der Waals surface area contributed by atoms with Crippen LogP contribution < -0.4 is 23.7 Å². The summed E-state index contributed by atoms with van der Waals surface area (Å²) in [5, 5.41) is 4.17. The fourth-order valence-electron chi connectivity index (χ4n) is 2.69. The standard InChI is InChI=1S/C20H22N4O5S/c1-26-14-10-16(27-2)18(17(11-14)28-3)30-23-19(25)15-7-6-13(20(22-15)29-4)12-24-9-5-8-21-24/h5-11H,12H2,1-4H3,(H,23,25). The first-order valence-electron chi connectivity index (χ1n) is 8.88. The summed E-state index contributed by atoms with van der Waals surface area (Å²) in [5.41, 5.74) is 1.03. The monoisotopic (exact) mass is 430 g/mol. The van der Waals surface area contributed by atoms with E-state index in [1.165, 1.54) is 21.3 Å². The van der Waals surface area contributed by atoms with E-state index in [0.29, 0.717) is 34.6 Å².